The third-order valence-electron chi connectivity index (χ3n) is 4.53. The van der Waals surface area contributed by atoms with Crippen molar-refractivity contribution in [1.82, 2.24) is 0 Å². The van der Waals surface area contributed by atoms with Crippen LogP contribution in [0.15, 0.2) is 30.3 Å². The molecular weight excluding hydrogens is 316 g/mol. The number of carbonyl (C=O) groups excluding carboxylic acids is 2. The van der Waals surface area contributed by atoms with Gasteiger partial charge in [0.05, 0.1) is 13.2 Å². The number of rotatable bonds is 7. The summed E-state index contributed by atoms with van der Waals surface area (Å²) >= 11 is 0. The van der Waals surface area contributed by atoms with Crippen LogP contribution in [0, 0.1) is 29.1 Å². The van der Waals surface area contributed by atoms with Crippen LogP contribution in [0.5, 0.6) is 0 Å². The largest absolute Gasteiger partial charge is 0.465 e. The summed E-state index contributed by atoms with van der Waals surface area (Å²) in [6.07, 6.45) is 2.49. The van der Waals surface area contributed by atoms with Crippen molar-refractivity contribution in [2.45, 2.75) is 40.0 Å². The molecule has 4 nitrogen and oxygen atoms in total. The Kier molecular flexibility index (Phi) is 6.64. The van der Waals surface area contributed by atoms with Gasteiger partial charge in [0.15, 0.2) is 5.41 Å². The van der Waals surface area contributed by atoms with Crippen molar-refractivity contribution in [3.8, 4) is 11.8 Å². The maximum atomic E-state index is 12.8. The lowest BCUT2D eigenvalue weighted by Gasteiger charge is -2.32. The Hall–Kier alpha value is -2.28. The van der Waals surface area contributed by atoms with Crippen LogP contribution in [0.25, 0.3) is 0 Å². The van der Waals surface area contributed by atoms with E-state index in [-0.39, 0.29) is 13.2 Å². The second-order valence-electron chi connectivity index (χ2n) is 6.42. The van der Waals surface area contributed by atoms with Crippen LogP contribution in [0.1, 0.15) is 45.6 Å². The van der Waals surface area contributed by atoms with Crippen molar-refractivity contribution < 1.29 is 19.1 Å². The van der Waals surface area contributed by atoms with Gasteiger partial charge in [0.25, 0.3) is 0 Å². The van der Waals surface area contributed by atoms with E-state index in [0.717, 1.165) is 18.4 Å². The fraction of sp³-hybridized carbons (Fsp3) is 0.524. The van der Waals surface area contributed by atoms with Crippen LogP contribution >= 0.6 is 0 Å². The molecule has 0 amide bonds. The maximum Gasteiger partial charge on any atom is 0.324 e. The fourth-order valence-electron chi connectivity index (χ4n) is 2.91. The van der Waals surface area contributed by atoms with Crippen LogP contribution in [-0.4, -0.2) is 25.2 Å². The first-order valence-electron chi connectivity index (χ1n) is 8.95. The molecule has 0 aliphatic heterocycles. The van der Waals surface area contributed by atoms with Gasteiger partial charge in [-0.2, -0.15) is 0 Å². The first-order chi connectivity index (χ1) is 12.0. The molecule has 134 valence electrons. The summed E-state index contributed by atoms with van der Waals surface area (Å²) in [6.45, 7) is 5.75. The number of benzene rings is 1. The van der Waals surface area contributed by atoms with Crippen LogP contribution in [-0.2, 0) is 19.1 Å². The molecule has 0 radical (unpaired) electrons. The minimum absolute atomic E-state index is 0.226. The van der Waals surface area contributed by atoms with E-state index in [1.54, 1.807) is 13.8 Å². The predicted molar refractivity (Wildman–Crippen MR) is 95.5 cm³/mol. The summed E-state index contributed by atoms with van der Waals surface area (Å²) in [5.74, 6) is 5.00. The fourth-order valence-corrected chi connectivity index (χ4v) is 2.91. The average Bonchev–Trinajstić information content (AvgIpc) is 3.42. The molecule has 1 saturated carbocycles. The van der Waals surface area contributed by atoms with Gasteiger partial charge in [0.1, 0.15) is 0 Å². The van der Waals surface area contributed by atoms with Gasteiger partial charge < -0.3 is 9.47 Å². The lowest BCUT2D eigenvalue weighted by molar-refractivity contribution is -0.176. The molecule has 0 aromatic heterocycles. The first-order valence-corrected chi connectivity index (χ1v) is 8.95. The zero-order valence-corrected chi connectivity index (χ0v) is 15.2. The topological polar surface area (TPSA) is 52.6 Å². The number of hydrogen-bond acceptors (Lipinski definition) is 4. The van der Waals surface area contributed by atoms with Crippen molar-refractivity contribution in [2.24, 2.45) is 17.3 Å². The molecule has 1 fully saturated rings. The second kappa shape index (κ2) is 8.71. The number of hydrogen-bond donors (Lipinski definition) is 0. The highest BCUT2D eigenvalue weighted by molar-refractivity contribution is 6.01. The Balaban J connectivity index is 2.38. The van der Waals surface area contributed by atoms with E-state index in [9.17, 15) is 9.59 Å². The Bertz CT molecular complexity index is 631. The van der Waals surface area contributed by atoms with Crippen LogP contribution < -0.4 is 0 Å². The van der Waals surface area contributed by atoms with Gasteiger partial charge in [-0.15, -0.1) is 0 Å². The monoisotopic (exact) mass is 342 g/mol. The predicted octanol–water partition coefficient (Wildman–Crippen LogP) is 3.59. The molecule has 1 aliphatic carbocycles. The molecule has 4 heteroatoms. The van der Waals surface area contributed by atoms with Crippen LogP contribution in [0.3, 0.4) is 0 Å². The molecule has 0 saturated heterocycles. The minimum atomic E-state index is -1.35. The lowest BCUT2D eigenvalue weighted by atomic mass is 9.72. The standard InChI is InChI=1S/C21H26O4/c1-4-24-19(22)21(15-18-13-14-18,20(23)25-5-2)16(3)11-12-17-9-7-6-8-10-17/h6-10,16,18H,4-5,13-15H2,1-3H3. The summed E-state index contributed by atoms with van der Waals surface area (Å²) in [7, 11) is 0. The highest BCUT2D eigenvalue weighted by atomic mass is 16.6. The van der Waals surface area contributed by atoms with Gasteiger partial charge in [-0.25, -0.2) is 0 Å². The smallest absolute Gasteiger partial charge is 0.324 e. The van der Waals surface area contributed by atoms with Gasteiger partial charge in [-0.05, 0) is 45.2 Å². The third-order valence-corrected chi connectivity index (χ3v) is 4.53. The summed E-state index contributed by atoms with van der Waals surface area (Å²) in [5.41, 5.74) is -0.503. The minimum Gasteiger partial charge on any atom is -0.465 e. The van der Waals surface area contributed by atoms with Crippen molar-refractivity contribution in [2.75, 3.05) is 13.2 Å². The number of carbonyl (C=O) groups is 2. The average molecular weight is 342 g/mol. The molecule has 1 aliphatic rings. The van der Waals surface area contributed by atoms with Gasteiger partial charge in [-0.3, -0.25) is 9.59 Å². The molecule has 0 heterocycles. The van der Waals surface area contributed by atoms with E-state index in [0.29, 0.717) is 12.3 Å². The summed E-state index contributed by atoms with van der Waals surface area (Å²) in [6, 6.07) is 9.53. The van der Waals surface area contributed by atoms with Gasteiger partial charge >= 0.3 is 11.9 Å². The van der Waals surface area contributed by atoms with Crippen molar-refractivity contribution in [3.05, 3.63) is 35.9 Å². The van der Waals surface area contributed by atoms with E-state index in [1.165, 1.54) is 0 Å². The molecule has 1 unspecified atom stereocenters. The molecule has 0 N–H and O–H groups in total. The van der Waals surface area contributed by atoms with Gasteiger partial charge in [-0.1, -0.05) is 42.9 Å². The highest BCUT2D eigenvalue weighted by Gasteiger charge is 2.55. The molecule has 2 rings (SSSR count). The second-order valence-corrected chi connectivity index (χ2v) is 6.42. The maximum absolute atomic E-state index is 12.8. The van der Waals surface area contributed by atoms with E-state index >= 15 is 0 Å². The van der Waals surface area contributed by atoms with E-state index in [4.69, 9.17) is 9.47 Å². The lowest BCUT2D eigenvalue weighted by Crippen LogP contribution is -2.47. The number of ether oxygens (including phenoxy) is 2. The highest BCUT2D eigenvalue weighted by Crippen LogP contribution is 2.45. The van der Waals surface area contributed by atoms with Crippen molar-refractivity contribution >= 4 is 11.9 Å². The van der Waals surface area contributed by atoms with Gasteiger partial charge in [0.2, 0.25) is 0 Å². The summed E-state index contributed by atoms with van der Waals surface area (Å²) in [4.78, 5) is 25.6. The van der Waals surface area contributed by atoms with E-state index in [2.05, 4.69) is 11.8 Å². The van der Waals surface area contributed by atoms with Crippen LogP contribution in [0.4, 0.5) is 0 Å². The SMILES string of the molecule is CCOC(=O)C(CC1CC1)(C(=O)OCC)C(C)C#Cc1ccccc1. The van der Waals surface area contributed by atoms with Gasteiger partial charge in [0, 0.05) is 11.5 Å². The zero-order chi connectivity index (χ0) is 18.3. The van der Waals surface area contributed by atoms with Crippen molar-refractivity contribution in [3.63, 3.8) is 0 Å². The molecule has 25 heavy (non-hydrogen) atoms. The molecule has 0 spiro atoms. The van der Waals surface area contributed by atoms with Crippen molar-refractivity contribution in [1.29, 1.82) is 0 Å². The summed E-state index contributed by atoms with van der Waals surface area (Å²) < 4.78 is 10.5. The Labute approximate surface area is 149 Å². The Morgan fingerprint density at radius 1 is 1.12 bits per heavy atom. The quantitative estimate of drug-likeness (QED) is 0.432. The summed E-state index contributed by atoms with van der Waals surface area (Å²) in [5, 5.41) is 0. The van der Waals surface area contributed by atoms with E-state index in [1.807, 2.05) is 37.3 Å². The Morgan fingerprint density at radius 3 is 2.16 bits per heavy atom. The zero-order valence-electron chi connectivity index (χ0n) is 15.2. The molecule has 1 atom stereocenters. The number of esters is 2. The molecule has 0 bridgehead atoms. The van der Waals surface area contributed by atoms with Crippen LogP contribution in [0.2, 0.25) is 0 Å². The normalized spacial score (nSPS) is 14.8. The Morgan fingerprint density at radius 2 is 1.68 bits per heavy atom. The molecule has 1 aromatic rings. The first kappa shape index (κ1) is 19.1. The third kappa shape index (κ3) is 4.63. The molecular formula is C21H26O4. The molecule has 1 aromatic carbocycles. The van der Waals surface area contributed by atoms with E-state index < -0.39 is 23.3 Å².